The Labute approximate surface area is 125 Å². The molecule has 0 aromatic rings. The first-order valence-electron chi connectivity index (χ1n) is 3.70. The van der Waals surface area contributed by atoms with Crippen LogP contribution in [0, 0.1) is 0 Å². The molecule has 11 heteroatoms. The molecule has 0 aliphatic heterocycles. The fourth-order valence-electron chi connectivity index (χ4n) is 0.592. The molecule has 0 rings (SSSR count). The molecule has 0 atom stereocenters. The van der Waals surface area contributed by atoms with Crippen LogP contribution in [-0.4, -0.2) is 34.3 Å². The summed E-state index contributed by atoms with van der Waals surface area (Å²) >= 11 is 4.74. The van der Waals surface area contributed by atoms with E-state index in [1.165, 1.54) is 28.4 Å². The summed E-state index contributed by atoms with van der Waals surface area (Å²) in [5, 5.41) is 0. The topological polar surface area (TPSA) is 71.1 Å². The summed E-state index contributed by atoms with van der Waals surface area (Å²) < 4.78 is 41.4. The summed E-state index contributed by atoms with van der Waals surface area (Å²) in [4.78, 5) is 0. The summed E-state index contributed by atoms with van der Waals surface area (Å²) in [6, 6.07) is 0. The van der Waals surface area contributed by atoms with Gasteiger partial charge in [-0.3, -0.25) is 9.13 Å². The molecule has 0 spiro atoms. The molecule has 99 valence electrons. The zero-order chi connectivity index (χ0) is 13.2. The van der Waals surface area contributed by atoms with Gasteiger partial charge in [-0.15, -0.1) is 0 Å². The summed E-state index contributed by atoms with van der Waals surface area (Å²) in [6.45, 7) is 0. The number of hydrogen-bond acceptors (Lipinski definition) is 6. The molecule has 0 saturated heterocycles. The van der Waals surface area contributed by atoms with Gasteiger partial charge in [-0.05, 0) is 0 Å². The van der Waals surface area contributed by atoms with Gasteiger partial charge in [0.2, 0.25) is 0 Å². The normalized spacial score (nSPS) is 11.6. The predicted octanol–water partition coefficient (Wildman–Crippen LogP) is 3.68. The van der Waals surface area contributed by atoms with Crippen molar-refractivity contribution in [3.05, 3.63) is 0 Å². The van der Waals surface area contributed by atoms with Crippen LogP contribution in [-0.2, 0) is 36.7 Å². The SMILES string of the molecule is COP(=O)(CP(=O)(OC)OC)OC.[I][V][I]. The Kier molecular flexibility index (Phi) is 14.5. The Morgan fingerprint density at radius 2 is 1.06 bits per heavy atom. The van der Waals surface area contributed by atoms with Crippen molar-refractivity contribution in [3.8, 4) is 0 Å². The van der Waals surface area contributed by atoms with Crippen LogP contribution in [0.25, 0.3) is 0 Å². The van der Waals surface area contributed by atoms with Gasteiger partial charge in [-0.2, -0.15) is 0 Å². The van der Waals surface area contributed by atoms with Crippen LogP contribution in [0.2, 0.25) is 0 Å². The van der Waals surface area contributed by atoms with Crippen molar-refractivity contribution in [2.75, 3.05) is 34.3 Å². The van der Waals surface area contributed by atoms with Crippen LogP contribution >= 0.6 is 55.1 Å². The molecule has 0 bridgehead atoms. The van der Waals surface area contributed by atoms with Crippen LogP contribution in [0.1, 0.15) is 0 Å². The van der Waals surface area contributed by atoms with Gasteiger partial charge in [-0.1, -0.05) is 0 Å². The van der Waals surface area contributed by atoms with Crippen molar-refractivity contribution < 1.29 is 36.7 Å². The van der Waals surface area contributed by atoms with E-state index >= 15 is 0 Å². The third-order valence-electron chi connectivity index (χ3n) is 1.46. The van der Waals surface area contributed by atoms with Crippen molar-refractivity contribution in [3.63, 3.8) is 0 Å². The average molecular weight is 537 g/mol. The molecule has 0 radical (unpaired) electrons. The standard InChI is InChI=1S/C5H14O6P2.2HI.V/c1-8-12(6,9-2)5-13(7,10-3)11-4;;;/h5H2,1-4H3;2*1H;/q;;;+2/p-2. The minimum atomic E-state index is -3.35. The van der Waals surface area contributed by atoms with Gasteiger partial charge >= 0.3 is 64.6 Å². The fraction of sp³-hybridized carbons (Fsp3) is 1.00. The second kappa shape index (κ2) is 11.2. The Morgan fingerprint density at radius 3 is 1.19 bits per heavy atom. The molecule has 0 aliphatic carbocycles. The number of rotatable bonds is 6. The third-order valence-corrected chi connectivity index (χ3v) is 6.46. The molecule has 16 heavy (non-hydrogen) atoms. The van der Waals surface area contributed by atoms with Gasteiger partial charge in [0, 0.05) is 28.4 Å². The van der Waals surface area contributed by atoms with Crippen LogP contribution in [0.15, 0.2) is 0 Å². The van der Waals surface area contributed by atoms with Crippen molar-refractivity contribution in [1.29, 1.82) is 0 Å². The fourth-order valence-corrected chi connectivity index (χ4v) is 4.43. The van der Waals surface area contributed by atoms with Gasteiger partial charge in [0.05, 0.1) is 0 Å². The van der Waals surface area contributed by atoms with E-state index in [4.69, 9.17) is 0 Å². The van der Waals surface area contributed by atoms with Gasteiger partial charge in [0.15, 0.2) is 5.90 Å². The maximum absolute atomic E-state index is 11.5. The maximum atomic E-state index is 11.5. The van der Waals surface area contributed by atoms with E-state index in [9.17, 15) is 9.13 Å². The van der Waals surface area contributed by atoms with Crippen molar-refractivity contribution >= 4 is 55.1 Å². The van der Waals surface area contributed by atoms with Crippen LogP contribution in [0.4, 0.5) is 0 Å². The molecule has 0 unspecified atom stereocenters. The van der Waals surface area contributed by atoms with Crippen LogP contribution < -0.4 is 0 Å². The predicted molar refractivity (Wildman–Crippen MR) is 76.2 cm³/mol. The quantitative estimate of drug-likeness (QED) is 0.381. The Morgan fingerprint density at radius 1 is 0.875 bits per heavy atom. The summed E-state index contributed by atoms with van der Waals surface area (Å²) in [5.41, 5.74) is 0. The van der Waals surface area contributed by atoms with E-state index in [-0.39, 0.29) is 5.90 Å². The molecule has 0 amide bonds. The van der Waals surface area contributed by atoms with E-state index in [0.717, 1.165) is 0 Å². The average Bonchev–Trinajstić information content (AvgIpc) is 2.30. The molecule has 0 fully saturated rings. The third kappa shape index (κ3) is 9.30. The van der Waals surface area contributed by atoms with E-state index in [0.29, 0.717) is 9.47 Å². The zero-order valence-corrected chi connectivity index (χ0v) is 16.8. The first-order valence-corrected chi connectivity index (χ1v) is 16.2. The number of halogens is 2. The monoisotopic (exact) mass is 537 g/mol. The Bertz CT molecular complexity index is 225. The van der Waals surface area contributed by atoms with E-state index in [1.807, 2.05) is 0 Å². The molecular formula is C5H14I2O6P2V. The van der Waals surface area contributed by atoms with E-state index in [1.54, 1.807) is 0 Å². The van der Waals surface area contributed by atoms with Gasteiger partial charge in [0.1, 0.15) is 0 Å². The second-order valence-corrected chi connectivity index (χ2v) is 19.0. The first-order chi connectivity index (χ1) is 7.36. The van der Waals surface area contributed by atoms with Crippen LogP contribution in [0.5, 0.6) is 0 Å². The molecule has 0 aromatic carbocycles. The first kappa shape index (κ1) is 20.7. The van der Waals surface area contributed by atoms with Gasteiger partial charge in [-0.25, -0.2) is 0 Å². The van der Waals surface area contributed by atoms with Crippen LogP contribution in [0.3, 0.4) is 0 Å². The Balaban J connectivity index is 0. The van der Waals surface area contributed by atoms with E-state index in [2.05, 4.69) is 58.1 Å². The molecular weight excluding hydrogens is 523 g/mol. The van der Waals surface area contributed by atoms with Gasteiger partial charge in [0.25, 0.3) is 0 Å². The molecule has 6 nitrogen and oxygen atoms in total. The molecule has 0 saturated carbocycles. The minimum absolute atomic E-state index is 0.389. The van der Waals surface area contributed by atoms with Crippen molar-refractivity contribution in [2.45, 2.75) is 0 Å². The van der Waals surface area contributed by atoms with Gasteiger partial charge < -0.3 is 18.1 Å². The summed E-state index contributed by atoms with van der Waals surface area (Å²) in [7, 11) is -1.24. The Hall–Kier alpha value is 2.34. The summed E-state index contributed by atoms with van der Waals surface area (Å²) in [5.74, 6) is -0.389. The molecule has 0 aromatic heterocycles. The van der Waals surface area contributed by atoms with Crippen molar-refractivity contribution in [2.24, 2.45) is 0 Å². The van der Waals surface area contributed by atoms with Crippen molar-refractivity contribution in [1.82, 2.24) is 0 Å². The molecule has 0 heterocycles. The molecule has 0 aliphatic rings. The summed E-state index contributed by atoms with van der Waals surface area (Å²) in [6.07, 6.45) is 0. The zero-order valence-electron chi connectivity index (χ0n) is 9.25. The number of hydrogen-bond donors (Lipinski definition) is 0. The molecule has 0 N–H and O–H groups in total. The second-order valence-electron chi connectivity index (χ2n) is 2.16. The van der Waals surface area contributed by atoms with E-state index < -0.39 is 15.2 Å².